The van der Waals surface area contributed by atoms with E-state index in [-0.39, 0.29) is 22.9 Å². The molecule has 0 N–H and O–H groups in total. The van der Waals surface area contributed by atoms with E-state index in [0.717, 1.165) is 36.5 Å². The Labute approximate surface area is 213 Å². The zero-order chi connectivity index (χ0) is 24.6. The fourth-order valence-electron chi connectivity index (χ4n) is 6.42. The molecule has 2 atom stereocenters. The van der Waals surface area contributed by atoms with E-state index in [1.165, 1.54) is 23.1 Å². The van der Waals surface area contributed by atoms with Crippen molar-refractivity contribution in [3.8, 4) is 0 Å². The van der Waals surface area contributed by atoms with Crippen LogP contribution < -0.4 is 4.90 Å². The smallest absolute Gasteiger partial charge is 0.241 e. The second-order valence-electron chi connectivity index (χ2n) is 10.8. The van der Waals surface area contributed by atoms with E-state index >= 15 is 0 Å². The van der Waals surface area contributed by atoms with Gasteiger partial charge in [0.1, 0.15) is 0 Å². The molecular formula is C30H34ClN3O. The highest BCUT2D eigenvalue weighted by Crippen LogP contribution is 2.50. The molecule has 5 heteroatoms. The van der Waals surface area contributed by atoms with Crippen LogP contribution >= 0.6 is 11.6 Å². The monoisotopic (exact) mass is 487 g/mol. The highest BCUT2D eigenvalue weighted by Gasteiger charge is 2.48. The molecule has 3 heterocycles. The Kier molecular flexibility index (Phi) is 6.45. The largest absolute Gasteiger partial charge is 0.305 e. The van der Waals surface area contributed by atoms with E-state index in [1.807, 2.05) is 36.7 Å². The molecule has 0 bridgehead atoms. The summed E-state index contributed by atoms with van der Waals surface area (Å²) >= 11 is 6.20. The Hall–Kier alpha value is -2.69. The van der Waals surface area contributed by atoms with E-state index in [1.54, 1.807) is 0 Å². The number of pyridine rings is 1. The second-order valence-corrected chi connectivity index (χ2v) is 11.3. The van der Waals surface area contributed by atoms with Crippen molar-refractivity contribution in [3.05, 3.63) is 94.8 Å². The zero-order valence-corrected chi connectivity index (χ0v) is 21.6. The van der Waals surface area contributed by atoms with Crippen LogP contribution in [-0.2, 0) is 10.2 Å². The third-order valence-electron chi connectivity index (χ3n) is 7.88. The summed E-state index contributed by atoms with van der Waals surface area (Å²) in [6.45, 7) is 8.04. The molecule has 2 aliphatic heterocycles. The number of hydrogen-bond acceptors (Lipinski definition) is 3. The molecule has 0 spiro atoms. The average molecular weight is 488 g/mol. The Bertz CT molecular complexity index is 1190. The van der Waals surface area contributed by atoms with E-state index in [2.05, 4.69) is 72.0 Å². The molecule has 182 valence electrons. The predicted octanol–water partition coefficient (Wildman–Crippen LogP) is 6.78. The van der Waals surface area contributed by atoms with Gasteiger partial charge in [-0.05, 0) is 80.6 Å². The van der Waals surface area contributed by atoms with Crippen LogP contribution in [0, 0.1) is 0 Å². The maximum Gasteiger partial charge on any atom is 0.241 e. The molecule has 3 aromatic rings. The molecule has 0 radical (unpaired) electrons. The van der Waals surface area contributed by atoms with Gasteiger partial charge in [-0.1, -0.05) is 61.3 Å². The van der Waals surface area contributed by atoms with E-state index < -0.39 is 0 Å². The number of carbonyl (C=O) groups is 1. The van der Waals surface area contributed by atoms with Gasteiger partial charge in [-0.2, -0.15) is 0 Å². The summed E-state index contributed by atoms with van der Waals surface area (Å²) in [7, 11) is 0. The molecule has 2 aromatic carbocycles. The number of carbonyl (C=O) groups excluding carboxylic acids is 1. The first kappa shape index (κ1) is 24.0. The van der Waals surface area contributed by atoms with Gasteiger partial charge in [0.25, 0.3) is 0 Å². The summed E-state index contributed by atoms with van der Waals surface area (Å²) in [5, 5.41) is 0.738. The van der Waals surface area contributed by atoms with Crippen molar-refractivity contribution in [1.82, 2.24) is 9.88 Å². The van der Waals surface area contributed by atoms with Crippen LogP contribution in [0.1, 0.15) is 69.2 Å². The van der Waals surface area contributed by atoms with Crippen molar-refractivity contribution < 1.29 is 4.79 Å². The Balaban J connectivity index is 1.49. The fraction of sp³-hybridized carbons (Fsp3) is 0.400. The second kappa shape index (κ2) is 9.40. The topological polar surface area (TPSA) is 36.4 Å². The molecule has 0 saturated carbocycles. The van der Waals surface area contributed by atoms with Crippen molar-refractivity contribution in [2.75, 3.05) is 18.0 Å². The summed E-state index contributed by atoms with van der Waals surface area (Å²) in [5.74, 6) is 0.163. The van der Waals surface area contributed by atoms with E-state index in [9.17, 15) is 4.79 Å². The maximum atomic E-state index is 14.1. The van der Waals surface area contributed by atoms with Crippen molar-refractivity contribution in [2.24, 2.45) is 0 Å². The van der Waals surface area contributed by atoms with Crippen molar-refractivity contribution in [3.63, 3.8) is 0 Å². The molecule has 1 amide bonds. The third-order valence-corrected chi connectivity index (χ3v) is 8.13. The first-order valence-corrected chi connectivity index (χ1v) is 13.0. The van der Waals surface area contributed by atoms with Crippen LogP contribution in [0.25, 0.3) is 0 Å². The number of benzene rings is 2. The predicted molar refractivity (Wildman–Crippen MR) is 143 cm³/mol. The number of piperidine rings is 1. The summed E-state index contributed by atoms with van der Waals surface area (Å²) in [5.41, 5.74) is 4.07. The minimum Gasteiger partial charge on any atom is -0.305 e. The van der Waals surface area contributed by atoms with Gasteiger partial charge < -0.3 is 4.90 Å². The number of fused-ring (bicyclic) bond motifs is 1. The SMILES string of the molecule is CC1(c2ccc(Cl)cc2)CC(C)(C)N(C(=O)CN2CCCCC2c2cccnc2)c2ccccc21. The van der Waals surface area contributed by atoms with Crippen LogP contribution in [0.15, 0.2) is 73.1 Å². The standard InChI is InChI=1S/C30H34ClN3O/c1-29(2)21-30(3,23-13-15-24(31)16-14-23)25-10-4-5-12-27(25)34(29)28(35)20-33-18-7-6-11-26(33)22-9-8-17-32-19-22/h4-5,8-10,12-17,19,26H,6-7,11,18,20-21H2,1-3H3. The molecule has 4 nitrogen and oxygen atoms in total. The number of rotatable bonds is 4. The van der Waals surface area contributed by atoms with Crippen molar-refractivity contribution in [1.29, 1.82) is 0 Å². The summed E-state index contributed by atoms with van der Waals surface area (Å²) in [6.07, 6.45) is 7.96. The zero-order valence-electron chi connectivity index (χ0n) is 20.9. The average Bonchev–Trinajstić information content (AvgIpc) is 2.85. The molecule has 1 aromatic heterocycles. The lowest BCUT2D eigenvalue weighted by Gasteiger charge is -2.52. The fourth-order valence-corrected chi connectivity index (χ4v) is 6.55. The normalized spacial score (nSPS) is 24.1. The Morgan fingerprint density at radius 1 is 1.03 bits per heavy atom. The summed E-state index contributed by atoms with van der Waals surface area (Å²) < 4.78 is 0. The third kappa shape index (κ3) is 4.50. The van der Waals surface area contributed by atoms with Gasteiger partial charge in [0.15, 0.2) is 0 Å². The lowest BCUT2D eigenvalue weighted by Crippen LogP contribution is -2.58. The van der Waals surface area contributed by atoms with Gasteiger partial charge in [-0.3, -0.25) is 14.7 Å². The van der Waals surface area contributed by atoms with Crippen LogP contribution in [0.2, 0.25) is 5.02 Å². The number of para-hydroxylation sites is 1. The number of aromatic nitrogens is 1. The minimum atomic E-state index is -0.348. The molecule has 2 aliphatic rings. The number of likely N-dealkylation sites (tertiary alicyclic amines) is 1. The van der Waals surface area contributed by atoms with E-state index in [0.29, 0.717) is 6.54 Å². The summed E-state index contributed by atoms with van der Waals surface area (Å²) in [6, 6.07) is 21.0. The van der Waals surface area contributed by atoms with Crippen molar-refractivity contribution in [2.45, 2.75) is 63.5 Å². The molecule has 2 unspecified atom stereocenters. The van der Waals surface area contributed by atoms with E-state index in [4.69, 9.17) is 11.6 Å². The number of anilines is 1. The first-order valence-electron chi connectivity index (χ1n) is 12.6. The van der Waals surface area contributed by atoms with Gasteiger partial charge in [-0.25, -0.2) is 0 Å². The lowest BCUT2D eigenvalue weighted by atomic mass is 9.65. The van der Waals surface area contributed by atoms with Crippen LogP contribution in [-0.4, -0.2) is 34.4 Å². The molecule has 5 rings (SSSR count). The van der Waals surface area contributed by atoms with Gasteiger partial charge in [0.05, 0.1) is 6.54 Å². The molecule has 35 heavy (non-hydrogen) atoms. The Morgan fingerprint density at radius 3 is 2.54 bits per heavy atom. The summed E-state index contributed by atoms with van der Waals surface area (Å²) in [4.78, 5) is 22.8. The van der Waals surface area contributed by atoms with Crippen LogP contribution in [0.4, 0.5) is 5.69 Å². The molecular weight excluding hydrogens is 454 g/mol. The highest BCUT2D eigenvalue weighted by molar-refractivity contribution is 6.30. The Morgan fingerprint density at radius 2 is 1.80 bits per heavy atom. The minimum absolute atomic E-state index is 0.163. The van der Waals surface area contributed by atoms with Crippen molar-refractivity contribution >= 4 is 23.2 Å². The first-order chi connectivity index (χ1) is 16.8. The van der Waals surface area contributed by atoms with Crippen LogP contribution in [0.3, 0.4) is 0 Å². The highest BCUT2D eigenvalue weighted by atomic mass is 35.5. The number of amides is 1. The maximum absolute atomic E-state index is 14.1. The van der Waals surface area contributed by atoms with Gasteiger partial charge in [0.2, 0.25) is 5.91 Å². The molecule has 1 saturated heterocycles. The lowest BCUT2D eigenvalue weighted by molar-refractivity contribution is -0.122. The quantitative estimate of drug-likeness (QED) is 0.406. The van der Waals surface area contributed by atoms with Gasteiger partial charge in [-0.15, -0.1) is 0 Å². The molecule has 0 aliphatic carbocycles. The number of nitrogens with zero attached hydrogens (tertiary/aromatic N) is 3. The van der Waals surface area contributed by atoms with Crippen LogP contribution in [0.5, 0.6) is 0 Å². The van der Waals surface area contributed by atoms with Gasteiger partial charge in [0, 0.05) is 40.1 Å². The number of halogens is 1. The van der Waals surface area contributed by atoms with Gasteiger partial charge >= 0.3 is 0 Å². The molecule has 1 fully saturated rings. The number of hydrogen-bond donors (Lipinski definition) is 0.